The third kappa shape index (κ3) is 3.93. The molecule has 4 nitrogen and oxygen atoms in total. The highest BCUT2D eigenvalue weighted by molar-refractivity contribution is 7.98. The maximum Gasteiger partial charge on any atom is 0.144 e. The summed E-state index contributed by atoms with van der Waals surface area (Å²) in [7, 11) is 3.54. The van der Waals surface area contributed by atoms with Crippen LogP contribution in [0.15, 0.2) is 12.4 Å². The molecule has 0 aliphatic rings. The topological polar surface area (TPSA) is 47.0 Å². The van der Waals surface area contributed by atoms with Crippen molar-refractivity contribution in [1.82, 2.24) is 9.97 Å². The number of ether oxygens (including phenoxy) is 1. The van der Waals surface area contributed by atoms with Crippen molar-refractivity contribution in [2.75, 3.05) is 31.8 Å². The van der Waals surface area contributed by atoms with E-state index in [9.17, 15) is 0 Å². The molecule has 14 heavy (non-hydrogen) atoms. The molecule has 0 saturated carbocycles. The lowest BCUT2D eigenvalue weighted by molar-refractivity contribution is 0.218. The van der Waals surface area contributed by atoms with Crippen molar-refractivity contribution in [1.29, 1.82) is 0 Å². The van der Waals surface area contributed by atoms with E-state index in [0.29, 0.717) is 0 Å². The molecule has 0 aliphatic carbocycles. The fourth-order valence-corrected chi connectivity index (χ4v) is 1.66. The van der Waals surface area contributed by atoms with Gasteiger partial charge >= 0.3 is 0 Å². The van der Waals surface area contributed by atoms with E-state index in [2.05, 4.69) is 15.3 Å². The molecule has 0 unspecified atom stereocenters. The van der Waals surface area contributed by atoms with Crippen LogP contribution in [0, 0.1) is 0 Å². The first-order valence-electron chi connectivity index (χ1n) is 4.42. The highest BCUT2D eigenvalue weighted by Crippen LogP contribution is 2.09. The van der Waals surface area contributed by atoms with Gasteiger partial charge in [-0.15, -0.1) is 0 Å². The van der Waals surface area contributed by atoms with E-state index in [0.717, 1.165) is 29.6 Å². The first-order valence-corrected chi connectivity index (χ1v) is 5.57. The second-order valence-corrected chi connectivity index (χ2v) is 3.79. The van der Waals surface area contributed by atoms with Gasteiger partial charge in [-0.2, -0.15) is 11.8 Å². The molecule has 0 bridgehead atoms. The molecule has 1 aromatic heterocycles. The summed E-state index contributed by atoms with van der Waals surface area (Å²) in [6.45, 7) is 0.784. The zero-order chi connectivity index (χ0) is 10.2. The molecule has 0 fully saturated rings. The molecule has 1 aromatic rings. The summed E-state index contributed by atoms with van der Waals surface area (Å²) in [6, 6.07) is 0. The molecule has 0 spiro atoms. The number of hydrogen-bond acceptors (Lipinski definition) is 5. The number of hydrogen-bond donors (Lipinski definition) is 1. The van der Waals surface area contributed by atoms with Crippen LogP contribution >= 0.6 is 11.8 Å². The molecule has 1 rings (SSSR count). The van der Waals surface area contributed by atoms with Gasteiger partial charge in [-0.05, 0) is 0 Å². The second-order valence-electron chi connectivity index (χ2n) is 2.69. The van der Waals surface area contributed by atoms with Gasteiger partial charge < -0.3 is 10.1 Å². The van der Waals surface area contributed by atoms with Crippen LogP contribution in [0.3, 0.4) is 0 Å². The number of nitrogens with zero attached hydrogens (tertiary/aromatic N) is 2. The van der Waals surface area contributed by atoms with E-state index >= 15 is 0 Å². The lowest BCUT2D eigenvalue weighted by Gasteiger charge is -2.01. The molecule has 0 aliphatic heterocycles. The quantitative estimate of drug-likeness (QED) is 0.724. The Morgan fingerprint density at radius 1 is 1.43 bits per heavy atom. The Labute approximate surface area is 88.5 Å². The molecule has 0 radical (unpaired) electrons. The zero-order valence-electron chi connectivity index (χ0n) is 8.49. The summed E-state index contributed by atoms with van der Waals surface area (Å²) >= 11 is 1.80. The van der Waals surface area contributed by atoms with Crippen LogP contribution < -0.4 is 5.32 Å². The molecule has 78 valence electrons. The minimum Gasteiger partial charge on any atom is -0.384 e. The Hall–Kier alpha value is -0.810. The van der Waals surface area contributed by atoms with Gasteiger partial charge in [0.15, 0.2) is 0 Å². The molecular formula is C9H15N3OS. The minimum atomic E-state index is 0.784. The molecule has 1 N–H and O–H groups in total. The van der Waals surface area contributed by atoms with E-state index in [1.54, 1.807) is 31.3 Å². The summed E-state index contributed by atoms with van der Waals surface area (Å²) in [6.07, 6.45) is 3.54. The van der Waals surface area contributed by atoms with Gasteiger partial charge in [-0.25, -0.2) is 4.98 Å². The second kappa shape index (κ2) is 6.62. The lowest BCUT2D eigenvalue weighted by Crippen LogP contribution is -1.97. The predicted octanol–water partition coefficient (Wildman–Crippen LogP) is 1.40. The Balaban J connectivity index is 2.29. The summed E-state index contributed by atoms with van der Waals surface area (Å²) in [5, 5.41) is 2.93. The first kappa shape index (κ1) is 11.3. The van der Waals surface area contributed by atoms with Crippen molar-refractivity contribution in [2.24, 2.45) is 0 Å². The smallest absolute Gasteiger partial charge is 0.144 e. The van der Waals surface area contributed by atoms with Crippen molar-refractivity contribution in [3.05, 3.63) is 18.1 Å². The highest BCUT2D eigenvalue weighted by atomic mass is 32.2. The average molecular weight is 213 g/mol. The molecule has 1 heterocycles. The largest absolute Gasteiger partial charge is 0.384 e. The molecule has 0 atom stereocenters. The summed E-state index contributed by atoms with van der Waals surface area (Å²) in [5.74, 6) is 2.68. The van der Waals surface area contributed by atoms with Crippen LogP contribution in [0.25, 0.3) is 0 Å². The molecular weight excluding hydrogens is 198 g/mol. The number of anilines is 1. The fourth-order valence-electron chi connectivity index (χ4n) is 0.877. The van der Waals surface area contributed by atoms with Crippen molar-refractivity contribution in [2.45, 2.75) is 5.75 Å². The van der Waals surface area contributed by atoms with Crippen LogP contribution in [0.1, 0.15) is 5.69 Å². The number of aromatic nitrogens is 2. The Morgan fingerprint density at radius 2 is 2.29 bits per heavy atom. The number of methoxy groups -OCH3 is 1. The van der Waals surface area contributed by atoms with Crippen LogP contribution in [-0.2, 0) is 10.5 Å². The third-order valence-electron chi connectivity index (χ3n) is 1.64. The summed E-state index contributed by atoms with van der Waals surface area (Å²) in [5.41, 5.74) is 1.00. The fraction of sp³-hybridized carbons (Fsp3) is 0.556. The first-order chi connectivity index (χ1) is 6.86. The minimum absolute atomic E-state index is 0.784. The van der Waals surface area contributed by atoms with Gasteiger partial charge in [0.1, 0.15) is 5.82 Å². The molecule has 0 saturated heterocycles. The van der Waals surface area contributed by atoms with E-state index in [-0.39, 0.29) is 0 Å². The third-order valence-corrected chi connectivity index (χ3v) is 2.60. The van der Waals surface area contributed by atoms with Gasteiger partial charge in [-0.3, -0.25) is 4.98 Å². The Kier molecular flexibility index (Phi) is 5.32. The van der Waals surface area contributed by atoms with Crippen molar-refractivity contribution in [3.63, 3.8) is 0 Å². The number of rotatable bonds is 6. The van der Waals surface area contributed by atoms with Gasteiger partial charge in [-0.1, -0.05) is 0 Å². The van der Waals surface area contributed by atoms with Gasteiger partial charge in [0.05, 0.1) is 24.7 Å². The standard InChI is InChI=1S/C9H15N3OS/c1-10-9-6-11-8(5-12-9)7-14-4-3-13-2/h5-6H,3-4,7H2,1-2H3,(H,10,12). The SMILES string of the molecule is CNc1cnc(CSCCOC)cn1. The van der Waals surface area contributed by atoms with E-state index in [1.807, 2.05) is 7.05 Å². The molecule has 5 heteroatoms. The Morgan fingerprint density at radius 3 is 2.86 bits per heavy atom. The maximum absolute atomic E-state index is 4.95. The lowest BCUT2D eigenvalue weighted by atomic mass is 10.5. The van der Waals surface area contributed by atoms with Gasteiger partial charge in [0.25, 0.3) is 0 Å². The van der Waals surface area contributed by atoms with Crippen LogP contribution in [0.5, 0.6) is 0 Å². The van der Waals surface area contributed by atoms with E-state index in [4.69, 9.17) is 4.74 Å². The van der Waals surface area contributed by atoms with Crippen molar-refractivity contribution < 1.29 is 4.74 Å². The zero-order valence-corrected chi connectivity index (χ0v) is 9.30. The molecule has 0 aromatic carbocycles. The maximum atomic E-state index is 4.95. The number of nitrogens with one attached hydrogen (secondary N) is 1. The van der Waals surface area contributed by atoms with E-state index in [1.165, 1.54) is 0 Å². The van der Waals surface area contributed by atoms with E-state index < -0.39 is 0 Å². The van der Waals surface area contributed by atoms with Crippen molar-refractivity contribution in [3.8, 4) is 0 Å². The van der Waals surface area contributed by atoms with Crippen LogP contribution in [0.2, 0.25) is 0 Å². The van der Waals surface area contributed by atoms with Crippen molar-refractivity contribution >= 4 is 17.6 Å². The highest BCUT2D eigenvalue weighted by Gasteiger charge is 1.96. The Bertz CT molecular complexity index is 253. The van der Waals surface area contributed by atoms with Crippen LogP contribution in [0.4, 0.5) is 5.82 Å². The average Bonchev–Trinajstić information content (AvgIpc) is 2.25. The normalized spacial score (nSPS) is 10.1. The molecule has 0 amide bonds. The monoisotopic (exact) mass is 213 g/mol. The van der Waals surface area contributed by atoms with Crippen LogP contribution in [-0.4, -0.2) is 36.5 Å². The predicted molar refractivity (Wildman–Crippen MR) is 59.6 cm³/mol. The summed E-state index contributed by atoms with van der Waals surface area (Å²) < 4.78 is 4.95. The summed E-state index contributed by atoms with van der Waals surface area (Å²) in [4.78, 5) is 8.44. The van der Waals surface area contributed by atoms with Gasteiger partial charge in [0, 0.05) is 25.7 Å². The van der Waals surface area contributed by atoms with Gasteiger partial charge in [0.2, 0.25) is 0 Å². The number of thioether (sulfide) groups is 1.